The van der Waals surface area contributed by atoms with Crippen molar-refractivity contribution in [3.05, 3.63) is 83.9 Å². The van der Waals surface area contributed by atoms with Crippen LogP contribution in [-0.2, 0) is 14.9 Å². The molecule has 0 aromatic heterocycles. The molecule has 0 N–H and O–H groups in total. The summed E-state index contributed by atoms with van der Waals surface area (Å²) in [5.74, 6) is -1.000. The van der Waals surface area contributed by atoms with Crippen molar-refractivity contribution in [2.24, 2.45) is 0 Å². The fourth-order valence-corrected chi connectivity index (χ4v) is 2.39. The van der Waals surface area contributed by atoms with Crippen LogP contribution in [-0.4, -0.2) is 17.4 Å². The maximum atomic E-state index is 12.9. The highest BCUT2D eigenvalue weighted by Crippen LogP contribution is 2.29. The Morgan fingerprint density at radius 1 is 0.962 bits per heavy atom. The van der Waals surface area contributed by atoms with E-state index >= 15 is 0 Å². The first kappa shape index (κ1) is 19.1. The fraction of sp³-hybridized carbons (Fsp3) is 0.227. The van der Waals surface area contributed by atoms with E-state index in [2.05, 4.69) is 0 Å². The molecule has 4 heteroatoms. The van der Waals surface area contributed by atoms with E-state index in [-0.39, 0.29) is 5.78 Å². The summed E-state index contributed by atoms with van der Waals surface area (Å²) in [7, 11) is 0. The molecule has 2 aromatic carbocycles. The second-order valence-electron chi connectivity index (χ2n) is 6.85. The Morgan fingerprint density at radius 3 is 2.00 bits per heavy atom. The lowest BCUT2D eigenvalue weighted by atomic mass is 9.81. The Balaban J connectivity index is 2.47. The van der Waals surface area contributed by atoms with Crippen molar-refractivity contribution in [2.45, 2.75) is 31.8 Å². The van der Waals surface area contributed by atoms with Crippen LogP contribution >= 0.6 is 0 Å². The van der Waals surface area contributed by atoms with Crippen molar-refractivity contribution >= 4 is 11.8 Å². The van der Waals surface area contributed by atoms with Gasteiger partial charge in [0, 0.05) is 5.56 Å². The molecule has 0 bridgehead atoms. The van der Waals surface area contributed by atoms with Crippen LogP contribution in [0.15, 0.2) is 72.8 Å². The monoisotopic (exact) mass is 347 g/mol. The van der Waals surface area contributed by atoms with Crippen molar-refractivity contribution in [3.63, 3.8) is 0 Å². The summed E-state index contributed by atoms with van der Waals surface area (Å²) >= 11 is 0. The minimum atomic E-state index is -1.70. The van der Waals surface area contributed by atoms with Crippen molar-refractivity contribution in [1.29, 1.82) is 5.26 Å². The maximum absolute atomic E-state index is 12.9. The molecule has 132 valence electrons. The zero-order chi connectivity index (χ0) is 19.2. The number of hydrogen-bond donors (Lipinski definition) is 0. The standard InChI is InChI=1S/C22H21NO3/c1-21(2,3)26-20(25)22(16-23,18-12-8-5-9-13-18)15-14-19(24)17-10-6-4-7-11-17/h4-15H,1-3H3/b15-14-/t22-/m0/s1. The Kier molecular flexibility index (Phi) is 5.74. The second kappa shape index (κ2) is 7.79. The number of esters is 1. The highest BCUT2D eigenvalue weighted by Gasteiger charge is 2.42. The van der Waals surface area contributed by atoms with Crippen LogP contribution in [0.2, 0.25) is 0 Å². The quantitative estimate of drug-likeness (QED) is 0.461. The smallest absolute Gasteiger partial charge is 0.335 e. The van der Waals surface area contributed by atoms with E-state index in [0.29, 0.717) is 11.1 Å². The normalized spacial score (nSPS) is 13.6. The molecule has 0 aliphatic rings. The van der Waals surface area contributed by atoms with E-state index in [1.165, 1.54) is 12.2 Å². The predicted molar refractivity (Wildman–Crippen MR) is 99.5 cm³/mol. The predicted octanol–water partition coefficient (Wildman–Crippen LogP) is 4.23. The van der Waals surface area contributed by atoms with Gasteiger partial charge in [-0.1, -0.05) is 60.7 Å². The van der Waals surface area contributed by atoms with Gasteiger partial charge in [-0.3, -0.25) is 4.79 Å². The molecule has 0 saturated carbocycles. The summed E-state index contributed by atoms with van der Waals surface area (Å²) in [6, 6.07) is 19.3. The number of benzene rings is 2. The molecule has 4 nitrogen and oxygen atoms in total. The molecule has 1 atom stereocenters. The van der Waals surface area contributed by atoms with Gasteiger partial charge < -0.3 is 4.74 Å². The number of allylic oxidation sites excluding steroid dienone is 1. The van der Waals surface area contributed by atoms with Gasteiger partial charge in [-0.25, -0.2) is 4.79 Å². The molecule has 0 radical (unpaired) electrons. The van der Waals surface area contributed by atoms with Crippen molar-refractivity contribution < 1.29 is 14.3 Å². The molecule has 2 aromatic rings. The lowest BCUT2D eigenvalue weighted by Gasteiger charge is -2.27. The summed E-state index contributed by atoms with van der Waals surface area (Å²) in [6.45, 7) is 5.20. The molecule has 0 heterocycles. The van der Waals surface area contributed by atoms with Gasteiger partial charge in [0.25, 0.3) is 0 Å². The summed E-state index contributed by atoms with van der Waals surface area (Å²) in [5.41, 5.74) is -1.52. The van der Waals surface area contributed by atoms with E-state index in [4.69, 9.17) is 4.74 Å². The number of hydrogen-bond acceptors (Lipinski definition) is 4. The molecule has 0 spiro atoms. The van der Waals surface area contributed by atoms with Gasteiger partial charge in [0.15, 0.2) is 11.2 Å². The van der Waals surface area contributed by atoms with E-state index in [9.17, 15) is 14.9 Å². The Hall–Kier alpha value is -3.19. The first-order valence-corrected chi connectivity index (χ1v) is 8.27. The van der Waals surface area contributed by atoms with Gasteiger partial charge in [-0.15, -0.1) is 0 Å². The van der Waals surface area contributed by atoms with Crippen LogP contribution < -0.4 is 0 Å². The van der Waals surface area contributed by atoms with Gasteiger partial charge in [0.05, 0.1) is 6.07 Å². The van der Waals surface area contributed by atoms with Crippen LogP contribution in [0.1, 0.15) is 36.7 Å². The van der Waals surface area contributed by atoms with Crippen molar-refractivity contribution in [3.8, 4) is 6.07 Å². The van der Waals surface area contributed by atoms with Crippen LogP contribution in [0.4, 0.5) is 0 Å². The van der Waals surface area contributed by atoms with E-state index in [0.717, 1.165) is 0 Å². The minimum Gasteiger partial charge on any atom is -0.458 e. The highest BCUT2D eigenvalue weighted by molar-refractivity contribution is 6.05. The first-order valence-electron chi connectivity index (χ1n) is 8.27. The zero-order valence-electron chi connectivity index (χ0n) is 15.1. The SMILES string of the molecule is CC(C)(C)OC(=O)[C@](C#N)(/C=C\C(=O)c1ccccc1)c1ccccc1. The van der Waals surface area contributed by atoms with E-state index < -0.39 is 17.0 Å². The molecule has 0 fully saturated rings. The molecule has 0 saturated heterocycles. The molecule has 0 aliphatic heterocycles. The summed E-state index contributed by atoms with van der Waals surface area (Å²) < 4.78 is 5.46. The Bertz CT molecular complexity index is 842. The first-order chi connectivity index (χ1) is 12.3. The Labute approximate surface area is 153 Å². The van der Waals surface area contributed by atoms with E-state index in [1.54, 1.807) is 75.4 Å². The topological polar surface area (TPSA) is 67.2 Å². The third kappa shape index (κ3) is 4.46. The number of carbonyl (C=O) groups excluding carboxylic acids is 2. The molecule has 0 unspecified atom stereocenters. The number of nitrogens with zero attached hydrogens (tertiary/aromatic N) is 1. The second-order valence-corrected chi connectivity index (χ2v) is 6.85. The van der Waals surface area contributed by atoms with Gasteiger partial charge in [-0.2, -0.15) is 5.26 Å². The molecular weight excluding hydrogens is 326 g/mol. The van der Waals surface area contributed by atoms with Crippen molar-refractivity contribution in [2.75, 3.05) is 0 Å². The highest BCUT2D eigenvalue weighted by atomic mass is 16.6. The fourth-order valence-electron chi connectivity index (χ4n) is 2.39. The van der Waals surface area contributed by atoms with Gasteiger partial charge >= 0.3 is 5.97 Å². The third-order valence-electron chi connectivity index (χ3n) is 3.67. The lowest BCUT2D eigenvalue weighted by Crippen LogP contribution is -2.39. The van der Waals surface area contributed by atoms with Gasteiger partial charge in [0.1, 0.15) is 5.60 Å². The molecule has 2 rings (SSSR count). The molecule has 0 aliphatic carbocycles. The average Bonchev–Trinajstić information content (AvgIpc) is 2.62. The molecule has 0 amide bonds. The average molecular weight is 347 g/mol. The summed E-state index contributed by atoms with van der Waals surface area (Å²) in [5, 5.41) is 9.87. The number of ketones is 1. The number of rotatable bonds is 5. The van der Waals surface area contributed by atoms with Crippen LogP contribution in [0.5, 0.6) is 0 Å². The van der Waals surface area contributed by atoms with Crippen LogP contribution in [0, 0.1) is 11.3 Å². The van der Waals surface area contributed by atoms with Gasteiger partial charge in [-0.05, 0) is 38.5 Å². The largest absolute Gasteiger partial charge is 0.458 e. The Morgan fingerprint density at radius 2 is 1.50 bits per heavy atom. The van der Waals surface area contributed by atoms with Crippen molar-refractivity contribution in [1.82, 2.24) is 0 Å². The number of nitriles is 1. The zero-order valence-corrected chi connectivity index (χ0v) is 15.1. The molecular formula is C22H21NO3. The molecule has 26 heavy (non-hydrogen) atoms. The summed E-state index contributed by atoms with van der Waals surface area (Å²) in [4.78, 5) is 25.3. The lowest BCUT2D eigenvalue weighted by molar-refractivity contribution is -0.158. The third-order valence-corrected chi connectivity index (χ3v) is 3.67. The van der Waals surface area contributed by atoms with Crippen LogP contribution in [0.25, 0.3) is 0 Å². The number of ether oxygens (including phenoxy) is 1. The maximum Gasteiger partial charge on any atom is 0.335 e. The summed E-state index contributed by atoms with van der Waals surface area (Å²) in [6.07, 6.45) is 2.58. The van der Waals surface area contributed by atoms with E-state index in [1.807, 2.05) is 12.1 Å². The van der Waals surface area contributed by atoms with Gasteiger partial charge in [0.2, 0.25) is 0 Å². The number of carbonyl (C=O) groups is 2. The van der Waals surface area contributed by atoms with Crippen LogP contribution in [0.3, 0.4) is 0 Å². The minimum absolute atomic E-state index is 0.287.